The Balaban J connectivity index is 1.23. The maximum atomic E-state index is 8.10. The highest BCUT2D eigenvalue weighted by atomic mass is 15.0. The number of hydrogen-bond donors (Lipinski definition) is 0. The Bertz CT molecular complexity index is 4640. The molecule has 3 heterocycles. The van der Waals surface area contributed by atoms with Gasteiger partial charge in [-0.1, -0.05) is 210 Å². The summed E-state index contributed by atoms with van der Waals surface area (Å²) in [5.74, 6) is 1.83. The fourth-order valence-corrected chi connectivity index (χ4v) is 12.4. The summed E-state index contributed by atoms with van der Waals surface area (Å²) >= 11 is 0. The van der Waals surface area contributed by atoms with Crippen molar-refractivity contribution in [3.8, 4) is 67.8 Å². The lowest BCUT2D eigenvalue weighted by atomic mass is 9.79. The molecule has 0 N–H and O–H groups in total. The van der Waals surface area contributed by atoms with E-state index in [0.717, 1.165) is 72.4 Å². The molecule has 0 aliphatic rings. The van der Waals surface area contributed by atoms with Gasteiger partial charge in [-0.15, -0.1) is 0 Å². The summed E-state index contributed by atoms with van der Waals surface area (Å²) in [7, 11) is 0. The van der Waals surface area contributed by atoms with E-state index in [9.17, 15) is 0 Å². The quantitative estimate of drug-likeness (QED) is 0.149. The first kappa shape index (κ1) is 59.4. The van der Waals surface area contributed by atoms with Crippen LogP contribution in [0.5, 0.6) is 0 Å². The van der Waals surface area contributed by atoms with E-state index in [0.29, 0.717) is 23.2 Å². The SMILES string of the molecule is [C-]#[N+]c1cccc(-c2ccc(-n3c4ccccc4c4cc(C(C)(C)C)ccc43)c(-c3cc(-c4nc(-c5cc(C(C)(C)C)cc(C(C)(C)C)c5)nc(-c5cc(C(C)(C)C)cc(C(C)(C)C)c5)n4)ccc3-n3c4ccccc4c4cc(C(C)(C)C)ccc43)c2)c1. The van der Waals surface area contributed by atoms with Gasteiger partial charge < -0.3 is 9.13 Å². The zero-order valence-corrected chi connectivity index (χ0v) is 55.0. The summed E-state index contributed by atoms with van der Waals surface area (Å²) in [6.07, 6.45) is 0. The third-order valence-electron chi connectivity index (χ3n) is 17.9. The van der Waals surface area contributed by atoms with Crippen LogP contribution < -0.4 is 0 Å². The maximum Gasteiger partial charge on any atom is 0.187 e. The van der Waals surface area contributed by atoms with Crippen molar-refractivity contribution < 1.29 is 0 Å². The topological polar surface area (TPSA) is 52.9 Å². The Kier molecular flexibility index (Phi) is 14.3. The molecule has 0 aliphatic carbocycles. The number of para-hydroxylation sites is 2. The second kappa shape index (κ2) is 21.2. The minimum Gasteiger partial charge on any atom is -0.309 e. The van der Waals surface area contributed by atoms with Crippen LogP contribution in [0.3, 0.4) is 0 Å². The lowest BCUT2D eigenvalue weighted by molar-refractivity contribution is 0.568. The smallest absolute Gasteiger partial charge is 0.187 e. The Labute approximate surface area is 522 Å². The summed E-state index contributed by atoms with van der Waals surface area (Å²) in [5, 5.41) is 4.78. The highest BCUT2D eigenvalue weighted by Crippen LogP contribution is 2.46. The Morgan fingerprint density at radius 2 is 0.636 bits per heavy atom. The average Bonchev–Trinajstić information content (AvgIpc) is 1.59. The third-order valence-corrected chi connectivity index (χ3v) is 17.9. The Morgan fingerprint density at radius 3 is 1.03 bits per heavy atom. The molecule has 0 radical (unpaired) electrons. The summed E-state index contributed by atoms with van der Waals surface area (Å²) < 4.78 is 4.93. The molecule has 0 unspecified atom stereocenters. The van der Waals surface area contributed by atoms with Crippen molar-refractivity contribution in [1.29, 1.82) is 0 Å². The summed E-state index contributed by atoms with van der Waals surface area (Å²) in [6, 6.07) is 67.3. The standard InChI is InChI=1S/C82H84N6/c1-77(2,3)55-33-37-72-66(48-55)62-27-20-22-29-68(62)87(72)70-35-31-51(50-25-24-26-61(43-50)83-19)44-64(70)65-45-52(32-36-71(65)88-69-30-23-21-28-63(69)67-49-56(78(4,5)6)34-38-73(67)88)74-84-75(53-39-57(79(7,8)9)46-58(40-53)80(10,11)12)86-76(85-74)54-41-59(81(13,14)15)47-60(42-54)82(16,17)18/h20-49H,1-18H3. The van der Waals surface area contributed by atoms with Gasteiger partial charge in [0.25, 0.3) is 0 Å². The van der Waals surface area contributed by atoms with Crippen molar-refractivity contribution in [1.82, 2.24) is 24.1 Å². The normalized spacial score (nSPS) is 12.9. The van der Waals surface area contributed by atoms with Crippen LogP contribution in [0.25, 0.3) is 116 Å². The van der Waals surface area contributed by atoms with Gasteiger partial charge in [0.2, 0.25) is 0 Å². The number of hydrogen-bond acceptors (Lipinski definition) is 3. The fraction of sp³-hybridized carbons (Fsp3) is 0.293. The predicted octanol–water partition coefficient (Wildman–Crippen LogP) is 22.7. The van der Waals surface area contributed by atoms with Crippen molar-refractivity contribution in [2.24, 2.45) is 0 Å². The van der Waals surface area contributed by atoms with Crippen LogP contribution in [0.1, 0.15) is 158 Å². The van der Waals surface area contributed by atoms with Crippen molar-refractivity contribution in [3.05, 3.63) is 227 Å². The molecule has 0 spiro atoms. The lowest BCUT2D eigenvalue weighted by Crippen LogP contribution is -2.17. The van der Waals surface area contributed by atoms with E-state index in [1.54, 1.807) is 0 Å². The summed E-state index contributed by atoms with van der Waals surface area (Å²) in [6.45, 7) is 49.2. The first-order chi connectivity index (χ1) is 41.3. The van der Waals surface area contributed by atoms with Gasteiger partial charge in [-0.05, 0) is 174 Å². The molecule has 0 saturated heterocycles. The van der Waals surface area contributed by atoms with E-state index < -0.39 is 0 Å². The largest absolute Gasteiger partial charge is 0.309 e. The molecule has 0 fully saturated rings. The van der Waals surface area contributed by atoms with Crippen molar-refractivity contribution in [3.63, 3.8) is 0 Å². The van der Waals surface area contributed by atoms with Crippen LogP contribution in [0.15, 0.2) is 182 Å². The minimum absolute atomic E-state index is 0.0569. The van der Waals surface area contributed by atoms with E-state index >= 15 is 0 Å². The molecule has 0 bridgehead atoms. The monoisotopic (exact) mass is 1150 g/mol. The van der Waals surface area contributed by atoms with Gasteiger partial charge in [0.05, 0.1) is 40.0 Å². The van der Waals surface area contributed by atoms with E-state index in [1.165, 1.54) is 54.9 Å². The molecule has 442 valence electrons. The molecule has 0 aliphatic heterocycles. The number of aromatic nitrogens is 5. The predicted molar refractivity (Wildman–Crippen MR) is 374 cm³/mol. The third kappa shape index (κ3) is 11.0. The molecule has 12 rings (SSSR count). The molecule has 12 aromatic rings. The first-order valence-electron chi connectivity index (χ1n) is 31.3. The van der Waals surface area contributed by atoms with Crippen LogP contribution in [0, 0.1) is 6.57 Å². The van der Waals surface area contributed by atoms with Crippen molar-refractivity contribution >= 4 is 49.3 Å². The van der Waals surface area contributed by atoms with E-state index in [2.05, 4.69) is 302 Å². The summed E-state index contributed by atoms with van der Waals surface area (Å²) in [4.78, 5) is 20.8. The number of fused-ring (bicyclic) bond motifs is 6. The average molecular weight is 1150 g/mol. The van der Waals surface area contributed by atoms with Crippen LogP contribution in [-0.4, -0.2) is 24.1 Å². The van der Waals surface area contributed by atoms with Crippen molar-refractivity contribution in [2.75, 3.05) is 0 Å². The molecule has 9 aromatic carbocycles. The highest BCUT2D eigenvalue weighted by molar-refractivity contribution is 6.12. The van der Waals surface area contributed by atoms with Gasteiger partial charge in [0.15, 0.2) is 23.2 Å². The molecule has 88 heavy (non-hydrogen) atoms. The first-order valence-corrected chi connectivity index (χ1v) is 31.3. The van der Waals surface area contributed by atoms with E-state index in [4.69, 9.17) is 21.5 Å². The van der Waals surface area contributed by atoms with E-state index in [1.807, 2.05) is 18.2 Å². The van der Waals surface area contributed by atoms with Crippen molar-refractivity contribution in [2.45, 2.75) is 157 Å². The maximum absolute atomic E-state index is 8.10. The number of benzene rings is 9. The highest BCUT2D eigenvalue weighted by Gasteiger charge is 2.29. The summed E-state index contributed by atoms with van der Waals surface area (Å²) in [5.41, 5.74) is 20.6. The Morgan fingerprint density at radius 1 is 0.284 bits per heavy atom. The molecule has 3 aromatic heterocycles. The number of nitrogens with zero attached hydrogens (tertiary/aromatic N) is 6. The van der Waals surface area contributed by atoms with Gasteiger partial charge in [0.1, 0.15) is 0 Å². The molecular weight excluding hydrogens is 1070 g/mol. The minimum atomic E-state index is -0.141. The molecule has 0 atom stereocenters. The van der Waals surface area contributed by atoms with Gasteiger partial charge in [0, 0.05) is 49.4 Å². The van der Waals surface area contributed by atoms with E-state index in [-0.39, 0.29) is 32.5 Å². The van der Waals surface area contributed by atoms with Gasteiger partial charge >= 0.3 is 0 Å². The molecule has 0 saturated carbocycles. The van der Waals surface area contributed by atoms with Gasteiger partial charge in [-0.25, -0.2) is 19.8 Å². The lowest BCUT2D eigenvalue weighted by Gasteiger charge is -2.26. The zero-order chi connectivity index (χ0) is 62.8. The second-order valence-corrected chi connectivity index (χ2v) is 30.7. The molecule has 6 nitrogen and oxygen atoms in total. The number of rotatable bonds is 7. The van der Waals surface area contributed by atoms with Crippen LogP contribution in [-0.2, 0) is 32.5 Å². The van der Waals surface area contributed by atoms with Crippen LogP contribution in [0.2, 0.25) is 0 Å². The zero-order valence-electron chi connectivity index (χ0n) is 55.0. The molecule has 0 amide bonds. The molecule has 6 heteroatoms. The van der Waals surface area contributed by atoms with Gasteiger partial charge in [-0.2, -0.15) is 0 Å². The molecular formula is C82H84N6. The van der Waals surface area contributed by atoms with Crippen LogP contribution >= 0.6 is 0 Å². The Hall–Kier alpha value is -8.92. The second-order valence-electron chi connectivity index (χ2n) is 30.7. The van der Waals surface area contributed by atoms with Gasteiger partial charge in [-0.3, -0.25) is 0 Å². The fourth-order valence-electron chi connectivity index (χ4n) is 12.4. The van der Waals surface area contributed by atoms with Crippen LogP contribution in [0.4, 0.5) is 5.69 Å².